The minimum absolute atomic E-state index is 0.00236. The Hall–Kier alpha value is -0.943. The fraction of sp³-hybridized carbons (Fsp3) is 0.429. The van der Waals surface area contributed by atoms with Crippen LogP contribution in [0.25, 0.3) is 0 Å². The van der Waals surface area contributed by atoms with Crippen molar-refractivity contribution in [3.05, 3.63) is 28.2 Å². The minimum atomic E-state index is -2.10. The Morgan fingerprint density at radius 1 is 1.16 bits per heavy atom. The number of hydrogen-bond donors (Lipinski definition) is 0. The predicted molar refractivity (Wildman–Crippen MR) is 83.2 cm³/mol. The molecule has 0 bridgehead atoms. The summed E-state index contributed by atoms with van der Waals surface area (Å²) < 4.78 is 2.60. The van der Waals surface area contributed by atoms with E-state index in [1.807, 2.05) is 12.1 Å². The van der Waals surface area contributed by atoms with Crippen LogP contribution in [0.15, 0.2) is 22.7 Å². The molecule has 0 fully saturated rings. The van der Waals surface area contributed by atoms with Gasteiger partial charge in [-0.25, -0.2) is 0 Å². The molecule has 102 valence electrons. The van der Waals surface area contributed by atoms with E-state index in [0.29, 0.717) is 5.56 Å². The Bertz CT molecular complexity index is 575. The van der Waals surface area contributed by atoms with E-state index in [2.05, 4.69) is 49.8 Å². The van der Waals surface area contributed by atoms with Gasteiger partial charge in [0.15, 0.2) is 8.24 Å². The van der Waals surface area contributed by atoms with E-state index in [1.54, 1.807) is 10.6 Å². The second-order valence-corrected chi connectivity index (χ2v) is 12.4. The summed E-state index contributed by atoms with van der Waals surface area (Å²) in [6.07, 6.45) is 0. The summed E-state index contributed by atoms with van der Waals surface area (Å²) in [6.45, 7) is 10.7. The number of anilines is 1. The largest absolute Gasteiger partial charge is 0.333 e. The third-order valence-electron chi connectivity index (χ3n) is 4.24. The number of rotatable bonds is 1. The summed E-state index contributed by atoms with van der Waals surface area (Å²) in [5.41, 5.74) is 1.29. The van der Waals surface area contributed by atoms with E-state index in [9.17, 15) is 9.59 Å². The monoisotopic (exact) mass is 339 g/mol. The summed E-state index contributed by atoms with van der Waals surface area (Å²) in [4.78, 5) is 24.5. The molecule has 0 unspecified atom stereocenters. The van der Waals surface area contributed by atoms with E-state index in [0.717, 1.165) is 10.2 Å². The van der Waals surface area contributed by atoms with Crippen molar-refractivity contribution < 1.29 is 9.59 Å². The number of Topliss-reactive ketones (excluding diaryl/α,β-unsaturated/α-hetero) is 1. The van der Waals surface area contributed by atoms with Gasteiger partial charge in [-0.05, 0) is 23.2 Å². The lowest BCUT2D eigenvalue weighted by Crippen LogP contribution is -2.57. The maximum Gasteiger partial charge on any atom is 0.291 e. The Balaban J connectivity index is 2.63. The molecule has 1 aliphatic rings. The zero-order chi connectivity index (χ0) is 14.6. The Morgan fingerprint density at radius 3 is 2.26 bits per heavy atom. The number of halogens is 1. The molecule has 0 aliphatic carbocycles. The molecule has 0 radical (unpaired) electrons. The molecule has 3 nitrogen and oxygen atoms in total. The molecule has 1 aliphatic heterocycles. The van der Waals surface area contributed by atoms with Crippen molar-refractivity contribution in [2.24, 2.45) is 0 Å². The van der Waals surface area contributed by atoms with Gasteiger partial charge in [0.25, 0.3) is 11.7 Å². The number of benzene rings is 1. The molecule has 1 heterocycles. The lowest BCUT2D eigenvalue weighted by Gasteiger charge is -2.43. The molecule has 5 heteroatoms. The first-order valence-electron chi connectivity index (χ1n) is 6.26. The standard InChI is InChI=1S/C14H18BrNO2Si/c1-14(2,3)19(4,5)16-11-7-6-9(15)8-10(11)12(17)13(16)18/h6-8H,1-5H3. The minimum Gasteiger partial charge on any atom is -0.333 e. The van der Waals surface area contributed by atoms with Crippen molar-refractivity contribution in [3.63, 3.8) is 0 Å². The fourth-order valence-corrected chi connectivity index (χ4v) is 4.54. The molecule has 1 amide bonds. The zero-order valence-corrected chi connectivity index (χ0v) is 14.5. The molecule has 0 saturated carbocycles. The summed E-state index contributed by atoms with van der Waals surface area (Å²) >= 11 is 3.35. The molecule has 1 aromatic rings. The van der Waals surface area contributed by atoms with E-state index in [4.69, 9.17) is 0 Å². The van der Waals surface area contributed by atoms with Crippen LogP contribution >= 0.6 is 15.9 Å². The van der Waals surface area contributed by atoms with Gasteiger partial charge in [0.05, 0.1) is 5.56 Å². The number of carbonyl (C=O) groups is 2. The van der Waals surface area contributed by atoms with E-state index >= 15 is 0 Å². The second-order valence-electron chi connectivity index (χ2n) is 6.44. The number of amides is 1. The van der Waals surface area contributed by atoms with Gasteiger partial charge < -0.3 is 4.57 Å². The van der Waals surface area contributed by atoms with Crippen molar-refractivity contribution in [3.8, 4) is 0 Å². The lowest BCUT2D eigenvalue weighted by molar-refractivity contribution is -0.113. The van der Waals surface area contributed by atoms with E-state index < -0.39 is 8.24 Å². The van der Waals surface area contributed by atoms with Crippen LogP contribution in [0.3, 0.4) is 0 Å². The quantitative estimate of drug-likeness (QED) is 0.573. The Labute approximate surface area is 123 Å². The number of ketones is 1. The molecule has 0 aromatic heterocycles. The first-order valence-corrected chi connectivity index (χ1v) is 10.00. The van der Waals surface area contributed by atoms with Crippen LogP contribution in [0, 0.1) is 0 Å². The fourth-order valence-electron chi connectivity index (χ4n) is 2.10. The van der Waals surface area contributed by atoms with Gasteiger partial charge in [0, 0.05) is 10.2 Å². The predicted octanol–water partition coefficient (Wildman–Crippen LogP) is 3.98. The molecular formula is C14H18BrNO2Si. The van der Waals surface area contributed by atoms with E-state index in [-0.39, 0.29) is 16.7 Å². The van der Waals surface area contributed by atoms with Crippen LogP contribution in [0.4, 0.5) is 5.69 Å². The van der Waals surface area contributed by atoms with Crippen LogP contribution < -0.4 is 4.57 Å². The highest BCUT2D eigenvalue weighted by molar-refractivity contribution is 9.10. The highest BCUT2D eigenvalue weighted by Gasteiger charge is 2.50. The normalized spacial score (nSPS) is 16.0. The average molecular weight is 340 g/mol. The lowest BCUT2D eigenvalue weighted by atomic mass is 10.1. The Morgan fingerprint density at radius 2 is 1.74 bits per heavy atom. The summed E-state index contributed by atoms with van der Waals surface area (Å²) in [6, 6.07) is 5.48. The SMILES string of the molecule is CC(C)(C)[Si](C)(C)N1C(=O)C(=O)c2cc(Br)ccc21. The van der Waals surface area contributed by atoms with Gasteiger partial charge in [-0.2, -0.15) is 0 Å². The highest BCUT2D eigenvalue weighted by Crippen LogP contribution is 2.44. The van der Waals surface area contributed by atoms with E-state index in [1.165, 1.54) is 0 Å². The molecule has 0 N–H and O–H groups in total. The molecule has 0 saturated heterocycles. The van der Waals surface area contributed by atoms with Gasteiger partial charge >= 0.3 is 0 Å². The molecule has 0 atom stereocenters. The molecule has 19 heavy (non-hydrogen) atoms. The smallest absolute Gasteiger partial charge is 0.291 e. The number of fused-ring (bicyclic) bond motifs is 1. The van der Waals surface area contributed by atoms with Gasteiger partial charge in [-0.3, -0.25) is 9.59 Å². The van der Waals surface area contributed by atoms with Crippen LogP contribution in [-0.4, -0.2) is 19.9 Å². The van der Waals surface area contributed by atoms with Gasteiger partial charge in [-0.1, -0.05) is 49.8 Å². The Kier molecular flexibility index (Phi) is 3.26. The molecule has 2 rings (SSSR count). The first kappa shape index (κ1) is 14.5. The average Bonchev–Trinajstić information content (AvgIpc) is 2.51. The third-order valence-corrected chi connectivity index (χ3v) is 9.96. The van der Waals surface area contributed by atoms with Crippen LogP contribution in [0.5, 0.6) is 0 Å². The van der Waals surface area contributed by atoms with Crippen molar-refractivity contribution in [1.82, 2.24) is 0 Å². The highest BCUT2D eigenvalue weighted by atomic mass is 79.9. The van der Waals surface area contributed by atoms with Gasteiger partial charge in [0.2, 0.25) is 0 Å². The molecule has 1 aromatic carbocycles. The van der Waals surface area contributed by atoms with Crippen LogP contribution in [0.2, 0.25) is 18.1 Å². The summed E-state index contributed by atoms with van der Waals surface area (Å²) in [5, 5.41) is -0.00236. The topological polar surface area (TPSA) is 37.4 Å². The third kappa shape index (κ3) is 2.09. The van der Waals surface area contributed by atoms with Gasteiger partial charge in [-0.15, -0.1) is 0 Å². The first-order chi connectivity index (χ1) is 8.57. The van der Waals surface area contributed by atoms with Crippen molar-refractivity contribution in [2.45, 2.75) is 38.9 Å². The molecular weight excluding hydrogens is 322 g/mol. The zero-order valence-electron chi connectivity index (χ0n) is 11.9. The van der Waals surface area contributed by atoms with Crippen molar-refractivity contribution >= 4 is 41.5 Å². The maximum absolute atomic E-state index is 12.4. The number of nitrogens with zero attached hydrogens (tertiary/aromatic N) is 1. The summed E-state index contributed by atoms with van der Waals surface area (Å²) in [7, 11) is -2.10. The van der Waals surface area contributed by atoms with Crippen molar-refractivity contribution in [2.75, 3.05) is 4.57 Å². The second kappa shape index (κ2) is 4.28. The number of hydrogen-bond acceptors (Lipinski definition) is 2. The maximum atomic E-state index is 12.4. The number of carbonyl (C=O) groups excluding carboxylic acids is 2. The molecule has 0 spiro atoms. The summed E-state index contributed by atoms with van der Waals surface area (Å²) in [5.74, 6) is -0.763. The van der Waals surface area contributed by atoms with Crippen LogP contribution in [0.1, 0.15) is 31.1 Å². The van der Waals surface area contributed by atoms with Gasteiger partial charge in [0.1, 0.15) is 0 Å². The van der Waals surface area contributed by atoms with Crippen LogP contribution in [-0.2, 0) is 4.79 Å². The van der Waals surface area contributed by atoms with Crippen molar-refractivity contribution in [1.29, 1.82) is 0 Å².